The van der Waals surface area contributed by atoms with Crippen molar-refractivity contribution in [3.05, 3.63) is 42.1 Å². The molecule has 0 aliphatic carbocycles. The minimum absolute atomic E-state index is 0.125. The number of benzene rings is 1. The summed E-state index contributed by atoms with van der Waals surface area (Å²) in [5.41, 5.74) is -2.30. The lowest BCUT2D eigenvalue weighted by molar-refractivity contribution is -0.0964. The molecule has 0 bridgehead atoms. The first-order valence-corrected chi connectivity index (χ1v) is 11.2. The third kappa shape index (κ3) is 6.43. The summed E-state index contributed by atoms with van der Waals surface area (Å²) in [6.07, 6.45) is 3.68. The summed E-state index contributed by atoms with van der Waals surface area (Å²) in [7, 11) is 0. The number of hydrogen-bond acceptors (Lipinski definition) is 7. The third-order valence-electron chi connectivity index (χ3n) is 5.64. The third-order valence-corrected chi connectivity index (χ3v) is 5.71. The van der Waals surface area contributed by atoms with Crippen LogP contribution in [-0.4, -0.2) is 59.9 Å². The highest BCUT2D eigenvalue weighted by molar-refractivity contribution is 6.20. The van der Waals surface area contributed by atoms with Gasteiger partial charge in [0.25, 0.3) is 5.91 Å². The normalized spacial score (nSPS) is 19.4. The number of hydrogen-bond donors (Lipinski definition) is 4. The predicted molar refractivity (Wildman–Crippen MR) is 122 cm³/mol. The summed E-state index contributed by atoms with van der Waals surface area (Å²) in [5, 5.41) is 19.5. The Morgan fingerprint density at radius 2 is 1.97 bits per heavy atom. The summed E-state index contributed by atoms with van der Waals surface area (Å²) in [6.45, 7) is 3.02. The average molecular weight is 482 g/mol. The van der Waals surface area contributed by atoms with E-state index in [0.717, 1.165) is 31.6 Å². The summed E-state index contributed by atoms with van der Waals surface area (Å²) >= 11 is 4.77. The zero-order chi connectivity index (χ0) is 23.4. The van der Waals surface area contributed by atoms with E-state index in [2.05, 4.69) is 25.7 Å². The topological polar surface area (TPSA) is 98.8 Å². The Labute approximate surface area is 195 Å². The molecule has 1 aromatic heterocycles. The molecule has 0 spiro atoms. The first kappa shape index (κ1) is 23.5. The highest BCUT2D eigenvalue weighted by atomic mass is 35.5. The molecule has 1 amide bonds. The number of carbonyl (C=O) groups excluding carboxylic acids is 1. The number of aliphatic hydroxyl groups excluding tert-OH is 1. The van der Waals surface area contributed by atoms with Gasteiger partial charge >= 0.3 is 5.57 Å². The number of ether oxygens (including phenoxy) is 1. The van der Waals surface area contributed by atoms with Crippen LogP contribution in [0.1, 0.15) is 29.6 Å². The van der Waals surface area contributed by atoms with E-state index in [-0.39, 0.29) is 17.7 Å². The molecule has 0 radical (unpaired) electrons. The predicted octanol–water partition coefficient (Wildman–Crippen LogP) is 3.24. The Morgan fingerprint density at radius 3 is 2.61 bits per heavy atom. The van der Waals surface area contributed by atoms with Gasteiger partial charge in [-0.15, -0.1) is 8.78 Å². The van der Waals surface area contributed by atoms with E-state index in [9.17, 15) is 18.7 Å². The average Bonchev–Trinajstić information content (AvgIpc) is 3.21. The van der Waals surface area contributed by atoms with Crippen molar-refractivity contribution in [2.24, 2.45) is 0 Å². The van der Waals surface area contributed by atoms with Crippen LogP contribution in [0.15, 0.2) is 36.5 Å². The van der Waals surface area contributed by atoms with Crippen molar-refractivity contribution in [3.63, 3.8) is 0 Å². The molecule has 1 atom stereocenters. The smallest absolute Gasteiger partial charge is 0.420 e. The molecule has 2 aliphatic rings. The number of anilines is 3. The maximum absolute atomic E-state index is 12.8. The molecule has 4 rings (SSSR count). The second-order valence-electron chi connectivity index (χ2n) is 8.18. The molecule has 11 heteroatoms. The molecule has 2 saturated heterocycles. The first-order chi connectivity index (χ1) is 15.8. The molecule has 4 N–H and O–H groups in total. The summed E-state index contributed by atoms with van der Waals surface area (Å²) < 4.78 is 29.8. The number of pyridine rings is 1. The van der Waals surface area contributed by atoms with Gasteiger partial charge in [0.15, 0.2) is 5.82 Å². The highest BCUT2D eigenvalue weighted by Gasteiger charge is 2.28. The van der Waals surface area contributed by atoms with Gasteiger partial charge in [-0.2, -0.15) is 0 Å². The molecule has 0 unspecified atom stereocenters. The van der Waals surface area contributed by atoms with Crippen molar-refractivity contribution in [2.75, 3.05) is 41.7 Å². The molecule has 2 fully saturated rings. The number of halogens is 3. The van der Waals surface area contributed by atoms with Gasteiger partial charge in [0.2, 0.25) is 0 Å². The van der Waals surface area contributed by atoms with Crippen LogP contribution in [0, 0.1) is 0 Å². The van der Waals surface area contributed by atoms with Crippen LogP contribution >= 0.6 is 11.6 Å². The van der Waals surface area contributed by atoms with Gasteiger partial charge in [0, 0.05) is 42.6 Å². The molecular formula is C22H26ClF2N5O3. The lowest BCUT2D eigenvalue weighted by atomic mass is 10.1. The Hall–Kier alpha value is -2.69. The van der Waals surface area contributed by atoms with E-state index in [1.165, 1.54) is 30.5 Å². The van der Waals surface area contributed by atoms with Gasteiger partial charge in [0.05, 0.1) is 17.4 Å². The van der Waals surface area contributed by atoms with E-state index < -0.39 is 11.7 Å². The number of rotatable bonds is 7. The summed E-state index contributed by atoms with van der Waals surface area (Å²) in [5.74, 6) is 0.200. The Bertz CT molecular complexity index is 967. The van der Waals surface area contributed by atoms with Gasteiger partial charge in [-0.1, -0.05) is 0 Å². The zero-order valence-corrected chi connectivity index (χ0v) is 18.6. The van der Waals surface area contributed by atoms with Crippen LogP contribution in [0.5, 0.6) is 5.75 Å². The van der Waals surface area contributed by atoms with Gasteiger partial charge in [0.1, 0.15) is 5.75 Å². The van der Waals surface area contributed by atoms with Crippen LogP contribution in [0.3, 0.4) is 0 Å². The van der Waals surface area contributed by atoms with Crippen LogP contribution in [-0.2, 0) is 0 Å². The molecule has 178 valence electrons. The molecule has 2 aromatic rings. The lowest BCUT2D eigenvalue weighted by Gasteiger charge is -2.28. The molecule has 0 saturated carbocycles. The van der Waals surface area contributed by atoms with Gasteiger partial charge in [-0.05, 0) is 62.7 Å². The maximum Gasteiger partial charge on any atom is 0.487 e. The number of aromatic nitrogens is 1. The van der Waals surface area contributed by atoms with Crippen molar-refractivity contribution in [1.82, 2.24) is 10.3 Å². The van der Waals surface area contributed by atoms with E-state index in [0.29, 0.717) is 36.6 Å². The van der Waals surface area contributed by atoms with E-state index in [1.54, 1.807) is 6.07 Å². The largest absolute Gasteiger partial charge is 0.487 e. The van der Waals surface area contributed by atoms with Crippen molar-refractivity contribution >= 4 is 34.7 Å². The quantitative estimate of drug-likeness (QED) is 0.451. The van der Waals surface area contributed by atoms with Crippen LogP contribution in [0.25, 0.3) is 0 Å². The number of alkyl halides is 3. The number of nitrogens with one attached hydrogen (secondary N) is 3. The molecule has 33 heavy (non-hydrogen) atoms. The molecule has 1 aromatic carbocycles. The zero-order valence-electron chi connectivity index (χ0n) is 17.9. The van der Waals surface area contributed by atoms with E-state index >= 15 is 0 Å². The Morgan fingerprint density at radius 1 is 1.24 bits per heavy atom. The Kier molecular flexibility index (Phi) is 7.16. The molecule has 2 aliphatic heterocycles. The minimum atomic E-state index is -3.80. The molecule has 3 heterocycles. The fourth-order valence-corrected chi connectivity index (χ4v) is 4.09. The second-order valence-corrected chi connectivity index (χ2v) is 8.62. The summed E-state index contributed by atoms with van der Waals surface area (Å²) in [6, 6.07) is 7.47. The lowest BCUT2D eigenvalue weighted by Crippen LogP contribution is -2.36. The highest BCUT2D eigenvalue weighted by Crippen LogP contribution is 2.30. The fourth-order valence-electron chi connectivity index (χ4n) is 4.00. The Balaban J connectivity index is 1.50. The second kappa shape index (κ2) is 10.1. The number of amides is 1. The number of nitrogens with zero attached hydrogens (tertiary/aromatic N) is 2. The SMILES string of the molecule is O=C(Nc1ccc(OC(F)(F)Cl)cc1)c1cnc(N2CC[C@@H](O)C2)c(NC2CCNCC2)c1. The van der Waals surface area contributed by atoms with Crippen LogP contribution < -0.4 is 25.6 Å². The van der Waals surface area contributed by atoms with Crippen molar-refractivity contribution in [3.8, 4) is 5.75 Å². The van der Waals surface area contributed by atoms with Crippen molar-refractivity contribution in [2.45, 2.75) is 37.0 Å². The summed E-state index contributed by atoms with van der Waals surface area (Å²) in [4.78, 5) is 19.4. The number of aliphatic hydroxyl groups is 1. The first-order valence-electron chi connectivity index (χ1n) is 10.8. The number of piperidine rings is 1. The molecule has 8 nitrogen and oxygen atoms in total. The van der Waals surface area contributed by atoms with Crippen molar-refractivity contribution in [1.29, 1.82) is 0 Å². The van der Waals surface area contributed by atoms with Gasteiger partial charge in [-0.25, -0.2) is 4.98 Å². The minimum Gasteiger partial charge on any atom is -0.420 e. The van der Waals surface area contributed by atoms with E-state index in [1.807, 2.05) is 4.90 Å². The van der Waals surface area contributed by atoms with E-state index in [4.69, 9.17) is 11.6 Å². The van der Waals surface area contributed by atoms with Crippen molar-refractivity contribution < 1.29 is 23.4 Å². The van der Waals surface area contributed by atoms with Crippen LogP contribution in [0.2, 0.25) is 0 Å². The fraction of sp³-hybridized carbons (Fsp3) is 0.455. The number of carbonyl (C=O) groups is 1. The monoisotopic (exact) mass is 481 g/mol. The maximum atomic E-state index is 12.8. The van der Waals surface area contributed by atoms with Gasteiger partial charge in [-0.3, -0.25) is 4.79 Å². The standard InChI is InChI=1S/C22H26ClF2N5O3/c23-22(24,25)33-18-3-1-15(2-4-18)29-21(32)14-11-19(28-16-5-8-26-9-6-16)20(27-12-14)30-10-7-17(31)13-30/h1-4,11-12,16-17,26,28,31H,5-10,13H2,(H,29,32)/t17-/m1/s1. The number of β-amino-alcohol motifs (C(OH)–C–C–N with tert-alkyl or cyclic N) is 1. The molecular weight excluding hydrogens is 456 g/mol. The van der Waals surface area contributed by atoms with Crippen LogP contribution in [0.4, 0.5) is 26.0 Å². The van der Waals surface area contributed by atoms with Gasteiger partial charge < -0.3 is 30.7 Å².